The molecule has 0 bridgehead atoms. The molecule has 7 amide bonds. The van der Waals surface area contributed by atoms with E-state index in [4.69, 9.17) is 4.74 Å². The third-order valence-electron chi connectivity index (χ3n) is 13.6. The summed E-state index contributed by atoms with van der Waals surface area (Å²) < 4.78 is 47.1. The number of amides is 7. The highest BCUT2D eigenvalue weighted by atomic mass is 32.1. The number of halogens is 2. The maximum Gasteiger partial charge on any atom is 0.399 e. The minimum atomic E-state index is -5.85. The Labute approximate surface area is 424 Å². The third kappa shape index (κ3) is 11.7. The maximum atomic E-state index is 14.9. The van der Waals surface area contributed by atoms with Gasteiger partial charge in [0.15, 0.2) is 0 Å². The number of hydrogen-bond donors (Lipinski definition) is 5. The Kier molecular flexibility index (Phi) is 15.7. The zero-order valence-corrected chi connectivity index (χ0v) is 42.2. The molecule has 4 aliphatic heterocycles. The number of hydrogen-bond acceptors (Lipinski definition) is 10. The zero-order chi connectivity index (χ0) is 52.4. The van der Waals surface area contributed by atoms with Crippen LogP contribution in [0.5, 0.6) is 0 Å². The summed E-state index contributed by atoms with van der Waals surface area (Å²) in [6.07, 6.45) is 2.75. The van der Waals surface area contributed by atoms with Gasteiger partial charge in [-0.05, 0) is 77.9 Å². The van der Waals surface area contributed by atoms with Gasteiger partial charge < -0.3 is 39.9 Å². The number of thiophene rings is 1. The fraction of sp³-hybridized carbons (Fsp3) is 0.442. The van der Waals surface area contributed by atoms with Gasteiger partial charge in [0.25, 0.3) is 11.8 Å². The molecule has 0 aliphatic carbocycles. The van der Waals surface area contributed by atoms with Crippen molar-refractivity contribution in [2.45, 2.75) is 115 Å². The summed E-state index contributed by atoms with van der Waals surface area (Å²) in [6, 6.07) is 15.6. The zero-order valence-electron chi connectivity index (χ0n) is 40.5. The fourth-order valence-electron chi connectivity index (χ4n) is 9.71. The minimum Gasteiger partial charge on any atom is -0.370 e. The maximum absolute atomic E-state index is 14.9. The molecule has 386 valence electrons. The predicted octanol–water partition coefficient (Wildman–Crippen LogP) is 5.72. The van der Waals surface area contributed by atoms with E-state index in [1.807, 2.05) is 36.4 Å². The molecular weight excluding hydrogens is 986 g/mol. The van der Waals surface area contributed by atoms with Gasteiger partial charge >= 0.3 is 13.3 Å². The molecule has 21 heteroatoms. The van der Waals surface area contributed by atoms with Crippen molar-refractivity contribution in [3.63, 3.8) is 0 Å². The van der Waals surface area contributed by atoms with Crippen LogP contribution >= 0.6 is 18.9 Å². The molecule has 2 unspecified atom stereocenters. The molecule has 0 saturated carbocycles. The normalized spacial score (nSPS) is 20.8. The third-order valence-corrected chi connectivity index (χ3v) is 15.7. The van der Waals surface area contributed by atoms with E-state index in [0.29, 0.717) is 41.5 Å². The number of alkyl halides is 2. The largest absolute Gasteiger partial charge is 0.399 e. The van der Waals surface area contributed by atoms with Crippen LogP contribution in [0.2, 0.25) is 0 Å². The second-order valence-corrected chi connectivity index (χ2v) is 22.6. The number of rotatable bonds is 14. The second-order valence-electron chi connectivity index (χ2n) is 19.9. The Balaban J connectivity index is 0.907. The number of carbonyl (C=O) groups excluding carboxylic acids is 7. The Morgan fingerprint density at radius 2 is 1.74 bits per heavy atom. The lowest BCUT2D eigenvalue weighted by Gasteiger charge is -2.38. The molecule has 5 atom stereocenters. The van der Waals surface area contributed by atoms with Crippen LogP contribution in [0.4, 0.5) is 8.78 Å². The van der Waals surface area contributed by atoms with Crippen LogP contribution in [0.25, 0.3) is 10.1 Å². The van der Waals surface area contributed by atoms with Crippen molar-refractivity contribution in [3.05, 3.63) is 105 Å². The number of ether oxygens (including phenoxy) is 1. The first-order valence-corrected chi connectivity index (χ1v) is 26.6. The van der Waals surface area contributed by atoms with E-state index in [1.165, 1.54) is 21.9 Å². The van der Waals surface area contributed by atoms with Gasteiger partial charge in [-0.25, -0.2) is 0 Å². The van der Waals surface area contributed by atoms with E-state index in [0.717, 1.165) is 34.6 Å². The molecule has 3 saturated heterocycles. The van der Waals surface area contributed by atoms with Crippen LogP contribution in [-0.2, 0) is 45.5 Å². The summed E-state index contributed by atoms with van der Waals surface area (Å²) in [4.78, 5) is 117. The summed E-state index contributed by atoms with van der Waals surface area (Å²) in [6.45, 7) is 6.19. The lowest BCUT2D eigenvalue weighted by molar-refractivity contribution is -0.150. The van der Waals surface area contributed by atoms with Crippen molar-refractivity contribution >= 4 is 70.4 Å². The van der Waals surface area contributed by atoms with Crippen LogP contribution < -0.4 is 16.0 Å². The van der Waals surface area contributed by atoms with E-state index in [1.54, 1.807) is 37.8 Å². The van der Waals surface area contributed by atoms with E-state index in [2.05, 4.69) is 27.8 Å². The molecule has 4 aliphatic rings. The van der Waals surface area contributed by atoms with Crippen molar-refractivity contribution < 1.29 is 61.4 Å². The molecule has 8 rings (SSSR count). The molecular formula is C52H57F2N6O11PS. The van der Waals surface area contributed by atoms with Crippen LogP contribution in [0.3, 0.4) is 0 Å². The first-order chi connectivity index (χ1) is 34.6. The number of imide groups is 1. The number of fused-ring (bicyclic) bond motifs is 2. The van der Waals surface area contributed by atoms with Gasteiger partial charge in [0.1, 0.15) is 24.2 Å². The van der Waals surface area contributed by atoms with Crippen LogP contribution in [0.15, 0.2) is 72.8 Å². The summed E-state index contributed by atoms with van der Waals surface area (Å²) in [5.74, 6) is 3.37. The van der Waals surface area contributed by atoms with E-state index in [9.17, 15) is 56.7 Å². The van der Waals surface area contributed by atoms with Crippen LogP contribution in [0.1, 0.15) is 121 Å². The molecule has 3 fully saturated rings. The molecule has 73 heavy (non-hydrogen) atoms. The topological polar surface area (TPSA) is 232 Å². The van der Waals surface area contributed by atoms with Crippen molar-refractivity contribution in [1.29, 1.82) is 0 Å². The molecule has 5 heterocycles. The SMILES string of the molecule is CC(C)(C)[C@H](NC(=O)c1cc2cc(C(F)(F)P(=O)(O)O)ccc2s1)C(=O)N1C[C@@H](NC(=O)CCCCCC#Cc2cccc3c2CN(C2CCC(=O)NC2=O)C3=O)C[C@H]1C(=O)N1CCOC(c2ccccc2)C1. The number of likely N-dealkylation sites (tertiary alicyclic amines) is 1. The van der Waals surface area contributed by atoms with Crippen LogP contribution in [0, 0.1) is 17.3 Å². The number of unbranched alkanes of at least 4 members (excludes halogenated alkanes) is 3. The first kappa shape index (κ1) is 52.9. The van der Waals surface area contributed by atoms with Crippen molar-refractivity contribution in [1.82, 2.24) is 30.7 Å². The number of benzene rings is 3. The number of nitrogens with zero attached hydrogens (tertiary/aromatic N) is 3. The summed E-state index contributed by atoms with van der Waals surface area (Å²) in [5.41, 5.74) is -3.50. The molecule has 0 radical (unpaired) electrons. The number of piperidine rings is 1. The lowest BCUT2D eigenvalue weighted by atomic mass is 9.85. The Bertz CT molecular complexity index is 2950. The lowest BCUT2D eigenvalue weighted by Crippen LogP contribution is -2.58. The van der Waals surface area contributed by atoms with Crippen molar-refractivity contribution in [2.75, 3.05) is 26.2 Å². The molecule has 4 aromatic rings. The molecule has 17 nitrogen and oxygen atoms in total. The quantitative estimate of drug-likeness (QED) is 0.0444. The van der Waals surface area contributed by atoms with Gasteiger partial charge in [0.2, 0.25) is 29.5 Å². The number of morpholine rings is 1. The minimum absolute atomic E-state index is 0.0228. The standard InChI is InChI=1S/C52H57F2N6O11PS/c1-51(2,3)45(57-47(64)42-26-33-25-34(19-21-41(33)73-42)52(53,54)72(68,69)70)50(67)59-28-35(27-39(59)49(66)58-23-24-71-40(30-58)32-14-9-7-10-15-32)55-43(61)18-11-6-4-5-8-13-31-16-12-17-36-37(31)29-60(48(36)65)38-20-22-44(62)56-46(38)63/h7,9-10,12,14-17,19,21,25-26,35,38-40,45H,4-6,11,18,20,22-24,27-30H2,1-3H3,(H,55,61)(H,57,64)(H,56,62,63)(H2,68,69,70)/t35-,38?,39-,40?,45+/m0/s1. The van der Waals surface area contributed by atoms with E-state index in [-0.39, 0.29) is 92.4 Å². The van der Waals surface area contributed by atoms with Crippen molar-refractivity contribution in [3.8, 4) is 11.8 Å². The van der Waals surface area contributed by atoms with Gasteiger partial charge in [-0.2, -0.15) is 8.78 Å². The smallest absolute Gasteiger partial charge is 0.370 e. The number of carbonyl (C=O) groups is 7. The predicted molar refractivity (Wildman–Crippen MR) is 265 cm³/mol. The van der Waals surface area contributed by atoms with Gasteiger partial charge in [-0.3, -0.25) is 43.4 Å². The summed E-state index contributed by atoms with van der Waals surface area (Å²) in [5, 5.41) is 8.31. The highest BCUT2D eigenvalue weighted by molar-refractivity contribution is 7.52. The highest BCUT2D eigenvalue weighted by Crippen LogP contribution is 2.59. The Morgan fingerprint density at radius 1 is 0.973 bits per heavy atom. The van der Waals surface area contributed by atoms with E-state index >= 15 is 0 Å². The molecule has 5 N–H and O–H groups in total. The van der Waals surface area contributed by atoms with Gasteiger partial charge in [0, 0.05) is 66.3 Å². The number of nitrogens with one attached hydrogen (secondary N) is 3. The van der Waals surface area contributed by atoms with Gasteiger partial charge in [-0.1, -0.05) is 81.5 Å². The van der Waals surface area contributed by atoms with Gasteiger partial charge in [0.05, 0.1) is 18.0 Å². The Hall–Kier alpha value is -6.36. The fourth-order valence-corrected chi connectivity index (χ4v) is 11.1. The van der Waals surface area contributed by atoms with Crippen LogP contribution in [-0.4, -0.2) is 116 Å². The molecule has 0 spiro atoms. The average Bonchev–Trinajstić information content (AvgIpc) is 4.07. The molecule has 1 aromatic heterocycles. The highest BCUT2D eigenvalue weighted by Gasteiger charge is 2.51. The van der Waals surface area contributed by atoms with Gasteiger partial charge in [-0.15, -0.1) is 11.3 Å². The molecule has 3 aromatic carbocycles. The average molecular weight is 1040 g/mol. The monoisotopic (exact) mass is 1040 g/mol. The van der Waals surface area contributed by atoms with Crippen molar-refractivity contribution in [2.24, 2.45) is 5.41 Å². The summed E-state index contributed by atoms with van der Waals surface area (Å²) in [7, 11) is -5.85. The summed E-state index contributed by atoms with van der Waals surface area (Å²) >= 11 is 0.945. The first-order valence-electron chi connectivity index (χ1n) is 24.2. The Morgan fingerprint density at radius 3 is 2.47 bits per heavy atom. The van der Waals surface area contributed by atoms with E-state index < -0.39 is 72.2 Å². The second kappa shape index (κ2) is 21.6.